The van der Waals surface area contributed by atoms with Crippen LogP contribution in [0.4, 0.5) is 5.69 Å². The molecular weight excluding hydrogens is 210 g/mol. The van der Waals surface area contributed by atoms with Gasteiger partial charge >= 0.3 is 0 Å². The first-order valence-electron chi connectivity index (χ1n) is 4.35. The van der Waals surface area contributed by atoms with Gasteiger partial charge in [-0.05, 0) is 12.1 Å². The highest BCUT2D eigenvalue weighted by Crippen LogP contribution is 2.23. The standard InChI is InChI=1S/C11H8ClN3/c12-9-3-1-2-4-11(9)15-6-8(5-13)10(14)7-15/h1-4,6-7H,14H2. The lowest BCUT2D eigenvalue weighted by Gasteiger charge is -2.03. The van der Waals surface area contributed by atoms with Crippen LogP contribution in [0, 0.1) is 11.3 Å². The number of nitrogens with zero attached hydrogens (tertiary/aromatic N) is 2. The summed E-state index contributed by atoms with van der Waals surface area (Å²) in [5.74, 6) is 0. The van der Waals surface area contributed by atoms with Gasteiger partial charge in [0.15, 0.2) is 0 Å². The lowest BCUT2D eigenvalue weighted by atomic mass is 10.3. The molecule has 1 heterocycles. The van der Waals surface area contributed by atoms with Gasteiger partial charge in [0, 0.05) is 12.4 Å². The zero-order chi connectivity index (χ0) is 10.8. The van der Waals surface area contributed by atoms with E-state index in [1.807, 2.05) is 24.3 Å². The molecule has 2 N–H and O–H groups in total. The Morgan fingerprint density at radius 3 is 2.60 bits per heavy atom. The molecule has 0 atom stereocenters. The predicted octanol–water partition coefficient (Wildman–Crippen LogP) is 2.58. The first-order valence-corrected chi connectivity index (χ1v) is 4.72. The maximum atomic E-state index is 8.77. The smallest absolute Gasteiger partial charge is 0.103 e. The Kier molecular flexibility index (Phi) is 2.36. The molecule has 0 aliphatic rings. The highest BCUT2D eigenvalue weighted by Gasteiger charge is 2.06. The second-order valence-electron chi connectivity index (χ2n) is 3.10. The fourth-order valence-corrected chi connectivity index (χ4v) is 1.60. The lowest BCUT2D eigenvalue weighted by Crippen LogP contribution is -1.90. The number of rotatable bonds is 1. The molecule has 0 radical (unpaired) electrons. The molecule has 0 unspecified atom stereocenters. The van der Waals surface area contributed by atoms with Crippen LogP contribution in [0.25, 0.3) is 5.69 Å². The summed E-state index contributed by atoms with van der Waals surface area (Å²) in [6.45, 7) is 0. The third kappa shape index (κ3) is 1.67. The van der Waals surface area contributed by atoms with Crippen molar-refractivity contribution >= 4 is 17.3 Å². The van der Waals surface area contributed by atoms with E-state index in [9.17, 15) is 0 Å². The molecule has 2 rings (SSSR count). The molecule has 0 bridgehead atoms. The molecule has 4 heteroatoms. The van der Waals surface area contributed by atoms with Crippen LogP contribution >= 0.6 is 11.6 Å². The van der Waals surface area contributed by atoms with Crippen molar-refractivity contribution in [2.45, 2.75) is 0 Å². The largest absolute Gasteiger partial charge is 0.396 e. The Morgan fingerprint density at radius 2 is 2.00 bits per heavy atom. The molecule has 0 saturated carbocycles. The first-order chi connectivity index (χ1) is 7.22. The number of benzene rings is 1. The molecule has 74 valence electrons. The fourth-order valence-electron chi connectivity index (χ4n) is 1.36. The SMILES string of the molecule is N#Cc1cn(-c2ccccc2Cl)cc1N. The van der Waals surface area contributed by atoms with Crippen LogP contribution in [0.3, 0.4) is 0 Å². The average molecular weight is 218 g/mol. The summed E-state index contributed by atoms with van der Waals surface area (Å²) in [7, 11) is 0. The zero-order valence-electron chi connectivity index (χ0n) is 7.81. The van der Waals surface area contributed by atoms with Crippen molar-refractivity contribution in [3.63, 3.8) is 0 Å². The molecule has 0 spiro atoms. The molecule has 15 heavy (non-hydrogen) atoms. The van der Waals surface area contributed by atoms with Gasteiger partial charge in [-0.25, -0.2) is 0 Å². The van der Waals surface area contributed by atoms with Gasteiger partial charge in [-0.15, -0.1) is 0 Å². The van der Waals surface area contributed by atoms with E-state index >= 15 is 0 Å². The van der Waals surface area contributed by atoms with E-state index in [4.69, 9.17) is 22.6 Å². The number of para-hydroxylation sites is 1. The van der Waals surface area contributed by atoms with Crippen molar-refractivity contribution in [2.75, 3.05) is 5.73 Å². The van der Waals surface area contributed by atoms with Crippen molar-refractivity contribution in [1.82, 2.24) is 4.57 Å². The van der Waals surface area contributed by atoms with Gasteiger partial charge in [0.1, 0.15) is 6.07 Å². The van der Waals surface area contributed by atoms with Crippen LogP contribution in [-0.2, 0) is 0 Å². The molecule has 2 aromatic rings. The zero-order valence-corrected chi connectivity index (χ0v) is 8.57. The summed E-state index contributed by atoms with van der Waals surface area (Å²) in [4.78, 5) is 0. The molecule has 0 aliphatic carbocycles. The van der Waals surface area contributed by atoms with Gasteiger partial charge in [0.25, 0.3) is 0 Å². The summed E-state index contributed by atoms with van der Waals surface area (Å²) in [5, 5.41) is 9.39. The van der Waals surface area contributed by atoms with Gasteiger partial charge < -0.3 is 10.3 Å². The van der Waals surface area contributed by atoms with Crippen molar-refractivity contribution in [2.24, 2.45) is 0 Å². The Balaban J connectivity index is 2.56. The predicted molar refractivity (Wildman–Crippen MR) is 59.9 cm³/mol. The molecule has 0 aliphatic heterocycles. The van der Waals surface area contributed by atoms with E-state index in [-0.39, 0.29) is 0 Å². The number of hydrogen-bond donors (Lipinski definition) is 1. The lowest BCUT2D eigenvalue weighted by molar-refractivity contribution is 1.08. The summed E-state index contributed by atoms with van der Waals surface area (Å²) < 4.78 is 1.75. The number of nitrogens with two attached hydrogens (primary N) is 1. The van der Waals surface area contributed by atoms with E-state index < -0.39 is 0 Å². The highest BCUT2D eigenvalue weighted by atomic mass is 35.5. The summed E-state index contributed by atoms with van der Waals surface area (Å²) in [5.41, 5.74) is 7.37. The first kappa shape index (κ1) is 9.63. The van der Waals surface area contributed by atoms with E-state index in [0.29, 0.717) is 16.3 Å². The number of hydrogen-bond acceptors (Lipinski definition) is 2. The number of nitrogen functional groups attached to an aromatic ring is 1. The fraction of sp³-hybridized carbons (Fsp3) is 0. The van der Waals surface area contributed by atoms with Crippen LogP contribution in [0.15, 0.2) is 36.7 Å². The Labute approximate surface area is 92.3 Å². The molecule has 3 nitrogen and oxygen atoms in total. The minimum Gasteiger partial charge on any atom is -0.396 e. The Morgan fingerprint density at radius 1 is 1.27 bits per heavy atom. The number of nitriles is 1. The minimum atomic E-state index is 0.454. The van der Waals surface area contributed by atoms with Gasteiger partial charge in [-0.2, -0.15) is 5.26 Å². The quantitative estimate of drug-likeness (QED) is 0.798. The van der Waals surface area contributed by atoms with Crippen LogP contribution in [0.2, 0.25) is 5.02 Å². The van der Waals surface area contributed by atoms with Crippen molar-refractivity contribution in [3.8, 4) is 11.8 Å². The van der Waals surface area contributed by atoms with Crippen LogP contribution in [0.5, 0.6) is 0 Å². The van der Waals surface area contributed by atoms with E-state index in [0.717, 1.165) is 5.69 Å². The average Bonchev–Trinajstić information content (AvgIpc) is 2.60. The molecule has 1 aromatic carbocycles. The molecule has 0 fully saturated rings. The number of aromatic nitrogens is 1. The maximum Gasteiger partial charge on any atom is 0.103 e. The Bertz CT molecular complexity index is 537. The van der Waals surface area contributed by atoms with Crippen LogP contribution in [0.1, 0.15) is 5.56 Å². The van der Waals surface area contributed by atoms with Gasteiger partial charge in [-0.1, -0.05) is 23.7 Å². The van der Waals surface area contributed by atoms with Crippen LogP contribution < -0.4 is 5.73 Å². The van der Waals surface area contributed by atoms with E-state index in [1.54, 1.807) is 23.0 Å². The van der Waals surface area contributed by atoms with Crippen molar-refractivity contribution < 1.29 is 0 Å². The number of anilines is 1. The van der Waals surface area contributed by atoms with Gasteiger partial charge in [0.05, 0.1) is 22.0 Å². The third-order valence-electron chi connectivity index (χ3n) is 2.11. The highest BCUT2D eigenvalue weighted by molar-refractivity contribution is 6.32. The summed E-state index contributed by atoms with van der Waals surface area (Å²) >= 11 is 6.02. The van der Waals surface area contributed by atoms with Crippen molar-refractivity contribution in [1.29, 1.82) is 5.26 Å². The molecular formula is C11H8ClN3. The molecule has 0 saturated heterocycles. The normalized spacial score (nSPS) is 9.87. The van der Waals surface area contributed by atoms with Crippen LogP contribution in [-0.4, -0.2) is 4.57 Å². The third-order valence-corrected chi connectivity index (χ3v) is 2.43. The maximum absolute atomic E-state index is 8.77. The second kappa shape index (κ2) is 3.68. The van der Waals surface area contributed by atoms with E-state index in [2.05, 4.69) is 0 Å². The second-order valence-corrected chi connectivity index (χ2v) is 3.50. The monoisotopic (exact) mass is 217 g/mol. The Hall–Kier alpha value is -1.92. The molecule has 0 amide bonds. The van der Waals surface area contributed by atoms with E-state index in [1.165, 1.54) is 0 Å². The topological polar surface area (TPSA) is 54.7 Å². The molecule has 1 aromatic heterocycles. The summed E-state index contributed by atoms with van der Waals surface area (Å²) in [6.07, 6.45) is 3.34. The van der Waals surface area contributed by atoms with Gasteiger partial charge in [0.2, 0.25) is 0 Å². The van der Waals surface area contributed by atoms with Gasteiger partial charge in [-0.3, -0.25) is 0 Å². The number of halogens is 1. The summed E-state index contributed by atoms with van der Waals surface area (Å²) in [6, 6.07) is 9.40. The minimum absolute atomic E-state index is 0.454. The van der Waals surface area contributed by atoms with Crippen molar-refractivity contribution in [3.05, 3.63) is 47.2 Å².